The van der Waals surface area contributed by atoms with Crippen LogP contribution < -0.4 is 5.32 Å². The lowest BCUT2D eigenvalue weighted by molar-refractivity contribution is -0.150. The third-order valence-corrected chi connectivity index (χ3v) is 2.81. The molecular weight excluding hydrogens is 263 g/mol. The maximum atomic E-state index is 12.0. The van der Waals surface area contributed by atoms with E-state index in [9.17, 15) is 18.0 Å². The fourth-order valence-corrected chi connectivity index (χ4v) is 1.94. The van der Waals surface area contributed by atoms with Gasteiger partial charge >= 0.3 is 6.18 Å². The normalized spacial score (nSPS) is 17.4. The Morgan fingerprint density at radius 1 is 1.47 bits per heavy atom. The van der Waals surface area contributed by atoms with Crippen LogP contribution in [0.3, 0.4) is 0 Å². The Labute approximate surface area is 107 Å². The summed E-state index contributed by atoms with van der Waals surface area (Å²) in [6.07, 6.45) is -1.49. The van der Waals surface area contributed by atoms with Crippen molar-refractivity contribution in [3.8, 4) is 0 Å². The largest absolute Gasteiger partial charge is 0.397 e. The van der Waals surface area contributed by atoms with E-state index in [4.69, 9.17) is 4.74 Å². The van der Waals surface area contributed by atoms with E-state index in [1.807, 2.05) is 0 Å². The van der Waals surface area contributed by atoms with Crippen molar-refractivity contribution in [3.05, 3.63) is 12.4 Å². The lowest BCUT2D eigenvalue weighted by Gasteiger charge is -2.22. The molecule has 1 N–H and O–H groups in total. The van der Waals surface area contributed by atoms with Crippen molar-refractivity contribution in [2.45, 2.75) is 31.5 Å². The zero-order valence-electron chi connectivity index (χ0n) is 10.1. The minimum Gasteiger partial charge on any atom is -0.381 e. The molecule has 5 nitrogen and oxygen atoms in total. The van der Waals surface area contributed by atoms with Crippen LogP contribution >= 0.6 is 0 Å². The molecule has 0 radical (unpaired) electrons. The quantitative estimate of drug-likeness (QED) is 0.920. The number of nitrogens with zero attached hydrogens (tertiary/aromatic N) is 2. The summed E-state index contributed by atoms with van der Waals surface area (Å²) in [6, 6.07) is 0.169. The molecule has 1 aliphatic heterocycles. The minimum atomic E-state index is -4.50. The molecule has 2 heterocycles. The number of nitrogens with one attached hydrogen (secondary N) is 1. The predicted molar refractivity (Wildman–Crippen MR) is 60.6 cm³/mol. The lowest BCUT2D eigenvalue weighted by atomic mass is 10.1. The number of anilines is 1. The highest BCUT2D eigenvalue weighted by Gasteiger charge is 2.31. The first-order valence-electron chi connectivity index (χ1n) is 5.92. The first-order valence-corrected chi connectivity index (χ1v) is 5.92. The van der Waals surface area contributed by atoms with Crippen LogP contribution in [0.5, 0.6) is 0 Å². The summed E-state index contributed by atoms with van der Waals surface area (Å²) >= 11 is 0. The maximum absolute atomic E-state index is 12.0. The van der Waals surface area contributed by atoms with Crippen molar-refractivity contribution < 1.29 is 22.7 Å². The second-order valence-electron chi connectivity index (χ2n) is 4.39. The van der Waals surface area contributed by atoms with Crippen LogP contribution in [0.1, 0.15) is 25.3 Å². The van der Waals surface area contributed by atoms with Crippen LogP contribution in [0.15, 0.2) is 12.4 Å². The molecule has 1 saturated heterocycles. The minimum absolute atomic E-state index is 0.169. The first kappa shape index (κ1) is 13.9. The average Bonchev–Trinajstić information content (AvgIpc) is 2.76. The summed E-state index contributed by atoms with van der Waals surface area (Å²) in [5.74, 6) is -1.08. The molecule has 1 aromatic rings. The van der Waals surface area contributed by atoms with Gasteiger partial charge in [0, 0.05) is 19.4 Å². The van der Waals surface area contributed by atoms with Crippen molar-refractivity contribution in [3.63, 3.8) is 0 Å². The van der Waals surface area contributed by atoms with Crippen LogP contribution in [0.2, 0.25) is 0 Å². The van der Waals surface area contributed by atoms with Crippen LogP contribution in [-0.4, -0.2) is 35.1 Å². The topological polar surface area (TPSA) is 56.2 Å². The van der Waals surface area contributed by atoms with Gasteiger partial charge in [-0.15, -0.1) is 0 Å². The Morgan fingerprint density at radius 2 is 2.16 bits per heavy atom. The van der Waals surface area contributed by atoms with E-state index < -0.39 is 18.5 Å². The summed E-state index contributed by atoms with van der Waals surface area (Å²) in [5.41, 5.74) is 0.278. The van der Waals surface area contributed by atoms with Gasteiger partial charge in [0.1, 0.15) is 6.42 Å². The van der Waals surface area contributed by atoms with Crippen molar-refractivity contribution in [2.24, 2.45) is 0 Å². The van der Waals surface area contributed by atoms with Gasteiger partial charge in [-0.1, -0.05) is 0 Å². The zero-order valence-corrected chi connectivity index (χ0v) is 10.1. The van der Waals surface area contributed by atoms with Crippen molar-refractivity contribution in [2.75, 3.05) is 18.5 Å². The number of carbonyl (C=O) groups excluding carboxylic acids is 1. The van der Waals surface area contributed by atoms with Crippen LogP contribution in [0.25, 0.3) is 0 Å². The number of hydrogen-bond acceptors (Lipinski definition) is 3. The lowest BCUT2D eigenvalue weighted by Crippen LogP contribution is -2.21. The maximum Gasteiger partial charge on any atom is 0.397 e. The van der Waals surface area contributed by atoms with Gasteiger partial charge < -0.3 is 10.1 Å². The summed E-state index contributed by atoms with van der Waals surface area (Å²) in [6.45, 7) is 1.28. The van der Waals surface area contributed by atoms with Gasteiger partial charge in [-0.05, 0) is 12.8 Å². The molecule has 0 atom stereocenters. The van der Waals surface area contributed by atoms with Gasteiger partial charge in [0.15, 0.2) is 0 Å². The number of halogens is 3. The Hall–Kier alpha value is -1.57. The molecule has 19 heavy (non-hydrogen) atoms. The molecule has 0 spiro atoms. The van der Waals surface area contributed by atoms with E-state index in [1.54, 1.807) is 10.9 Å². The number of aromatic nitrogens is 2. The van der Waals surface area contributed by atoms with E-state index in [2.05, 4.69) is 10.4 Å². The monoisotopic (exact) mass is 277 g/mol. The first-order chi connectivity index (χ1) is 8.94. The SMILES string of the molecule is O=C(CC(F)(F)F)Nc1cnn(C2CCOCC2)c1. The smallest absolute Gasteiger partial charge is 0.381 e. The highest BCUT2D eigenvalue weighted by Crippen LogP contribution is 2.23. The Morgan fingerprint density at radius 3 is 2.79 bits per heavy atom. The highest BCUT2D eigenvalue weighted by molar-refractivity contribution is 5.90. The number of hydrogen-bond donors (Lipinski definition) is 1. The van der Waals surface area contributed by atoms with E-state index in [0.29, 0.717) is 13.2 Å². The molecule has 2 rings (SSSR count). The van der Waals surface area contributed by atoms with Crippen molar-refractivity contribution in [1.82, 2.24) is 9.78 Å². The van der Waals surface area contributed by atoms with E-state index in [0.717, 1.165) is 12.8 Å². The molecule has 1 aromatic heterocycles. The Bertz CT molecular complexity index is 439. The second kappa shape index (κ2) is 5.60. The summed E-state index contributed by atoms with van der Waals surface area (Å²) < 4.78 is 42.9. The molecule has 0 bridgehead atoms. The van der Waals surface area contributed by atoms with Crippen LogP contribution in [0, 0.1) is 0 Å². The fraction of sp³-hybridized carbons (Fsp3) is 0.636. The number of amides is 1. The Kier molecular flexibility index (Phi) is 4.08. The van der Waals surface area contributed by atoms with E-state index in [-0.39, 0.29) is 11.7 Å². The molecule has 0 unspecified atom stereocenters. The molecular formula is C11H14F3N3O2. The Balaban J connectivity index is 1.91. The summed E-state index contributed by atoms with van der Waals surface area (Å²) in [4.78, 5) is 11.1. The summed E-state index contributed by atoms with van der Waals surface area (Å²) in [5, 5.41) is 6.24. The number of rotatable bonds is 3. The third kappa shape index (κ3) is 4.23. The van der Waals surface area contributed by atoms with Crippen LogP contribution in [-0.2, 0) is 9.53 Å². The molecule has 106 valence electrons. The fourth-order valence-electron chi connectivity index (χ4n) is 1.94. The van der Waals surface area contributed by atoms with Crippen molar-refractivity contribution in [1.29, 1.82) is 0 Å². The third-order valence-electron chi connectivity index (χ3n) is 2.81. The molecule has 0 aromatic carbocycles. The zero-order chi connectivity index (χ0) is 13.9. The molecule has 0 saturated carbocycles. The standard InChI is InChI=1S/C11H14F3N3O2/c12-11(13,14)5-10(18)16-8-6-15-17(7-8)9-1-3-19-4-2-9/h6-7,9H,1-5H2,(H,16,18). The predicted octanol–water partition coefficient (Wildman–Crippen LogP) is 2.13. The molecule has 1 aliphatic rings. The van der Waals surface area contributed by atoms with E-state index in [1.165, 1.54) is 6.20 Å². The number of ether oxygens (including phenoxy) is 1. The van der Waals surface area contributed by atoms with E-state index >= 15 is 0 Å². The molecule has 1 amide bonds. The summed E-state index contributed by atoms with van der Waals surface area (Å²) in [7, 11) is 0. The van der Waals surface area contributed by atoms with Gasteiger partial charge in [-0.25, -0.2) is 0 Å². The molecule has 0 aliphatic carbocycles. The number of carbonyl (C=O) groups is 1. The van der Waals surface area contributed by atoms with Crippen LogP contribution in [0.4, 0.5) is 18.9 Å². The van der Waals surface area contributed by atoms with Crippen molar-refractivity contribution >= 4 is 11.6 Å². The van der Waals surface area contributed by atoms with Gasteiger partial charge in [0.05, 0.1) is 17.9 Å². The average molecular weight is 277 g/mol. The number of alkyl halides is 3. The van der Waals surface area contributed by atoms with Gasteiger partial charge in [0.25, 0.3) is 0 Å². The second-order valence-corrected chi connectivity index (χ2v) is 4.39. The van der Waals surface area contributed by atoms with Gasteiger partial charge in [-0.3, -0.25) is 9.48 Å². The van der Waals surface area contributed by atoms with Gasteiger partial charge in [0.2, 0.25) is 5.91 Å². The highest BCUT2D eigenvalue weighted by atomic mass is 19.4. The van der Waals surface area contributed by atoms with Gasteiger partial charge in [-0.2, -0.15) is 18.3 Å². The molecule has 1 fully saturated rings. The molecule has 8 heteroatoms.